The quantitative estimate of drug-likeness (QED) is 0.555. The van der Waals surface area contributed by atoms with Crippen molar-refractivity contribution in [1.29, 1.82) is 0 Å². The van der Waals surface area contributed by atoms with Gasteiger partial charge in [0.2, 0.25) is 0 Å². The minimum Gasteiger partial charge on any atom is -0.346 e. The van der Waals surface area contributed by atoms with Crippen LogP contribution in [-0.2, 0) is 12.8 Å². The first-order chi connectivity index (χ1) is 13.1. The van der Waals surface area contributed by atoms with Gasteiger partial charge in [0.15, 0.2) is 0 Å². The average molecular weight is 358 g/mol. The molecule has 2 heterocycles. The summed E-state index contributed by atoms with van der Waals surface area (Å²) in [6, 6.07) is 14.3. The Kier molecular flexibility index (Phi) is 5.97. The molecule has 0 fully saturated rings. The van der Waals surface area contributed by atoms with Crippen LogP contribution in [0.5, 0.6) is 0 Å². The molecule has 27 heavy (non-hydrogen) atoms. The second kappa shape index (κ2) is 8.58. The zero-order chi connectivity index (χ0) is 19.2. The number of para-hydroxylation sites is 1. The molecule has 0 unspecified atom stereocenters. The molecule has 0 aliphatic carbocycles. The number of hydrogen-bond donors (Lipinski definition) is 1. The third kappa shape index (κ3) is 4.40. The summed E-state index contributed by atoms with van der Waals surface area (Å²) in [5.41, 5.74) is 7.47. The van der Waals surface area contributed by atoms with Crippen LogP contribution in [-0.4, -0.2) is 21.4 Å². The van der Waals surface area contributed by atoms with E-state index in [4.69, 9.17) is 4.99 Å². The molecule has 0 aliphatic rings. The van der Waals surface area contributed by atoms with Crippen LogP contribution in [0, 0.1) is 0 Å². The molecule has 1 N–H and O–H groups in total. The van der Waals surface area contributed by atoms with E-state index in [9.17, 15) is 0 Å². The lowest BCUT2D eigenvalue weighted by atomic mass is 10.0. The number of aliphatic imine (C=N–C) groups is 2. The fraction of sp³-hybridized carbons (Fsp3) is 0.261. The summed E-state index contributed by atoms with van der Waals surface area (Å²) < 4.78 is 0. The molecule has 2 aromatic heterocycles. The van der Waals surface area contributed by atoms with Gasteiger partial charge in [0.05, 0.1) is 17.1 Å². The summed E-state index contributed by atoms with van der Waals surface area (Å²) in [6.45, 7) is 8.36. The topological polar surface area (TPSA) is 53.4 Å². The molecule has 0 radical (unpaired) electrons. The molecular formula is C23H26N4. The SMILES string of the molecule is CCc1cccc(CC)c1N=C(C)c1c[nH]c(/N=C(\C)c2ccccn2)c1. The van der Waals surface area contributed by atoms with Crippen molar-refractivity contribution in [3.63, 3.8) is 0 Å². The molecule has 0 spiro atoms. The summed E-state index contributed by atoms with van der Waals surface area (Å²) in [7, 11) is 0. The Morgan fingerprint density at radius 3 is 2.30 bits per heavy atom. The average Bonchev–Trinajstić information content (AvgIpc) is 3.17. The van der Waals surface area contributed by atoms with Crippen molar-refractivity contribution in [2.75, 3.05) is 0 Å². The number of H-pyrrole nitrogens is 1. The monoisotopic (exact) mass is 358 g/mol. The Hall–Kier alpha value is -3.01. The molecule has 4 nitrogen and oxygen atoms in total. The lowest BCUT2D eigenvalue weighted by molar-refractivity contribution is 1.08. The van der Waals surface area contributed by atoms with Crippen molar-refractivity contribution in [2.45, 2.75) is 40.5 Å². The number of hydrogen-bond acceptors (Lipinski definition) is 3. The van der Waals surface area contributed by atoms with Crippen LogP contribution in [0.4, 0.5) is 11.5 Å². The number of rotatable bonds is 6. The van der Waals surface area contributed by atoms with Crippen molar-refractivity contribution in [3.8, 4) is 0 Å². The summed E-state index contributed by atoms with van der Waals surface area (Å²) in [6.07, 6.45) is 5.70. The number of aryl methyl sites for hydroxylation is 2. The van der Waals surface area contributed by atoms with Crippen molar-refractivity contribution in [3.05, 3.63) is 77.2 Å². The highest BCUT2D eigenvalue weighted by molar-refractivity contribution is 6.02. The molecule has 1 aromatic carbocycles. The van der Waals surface area contributed by atoms with Gasteiger partial charge in [-0.2, -0.15) is 0 Å². The van der Waals surface area contributed by atoms with E-state index < -0.39 is 0 Å². The summed E-state index contributed by atoms with van der Waals surface area (Å²) in [4.78, 5) is 17.2. The maximum absolute atomic E-state index is 4.96. The van der Waals surface area contributed by atoms with Gasteiger partial charge >= 0.3 is 0 Å². The Bertz CT molecular complexity index is 943. The normalized spacial score (nSPS) is 12.4. The van der Waals surface area contributed by atoms with E-state index in [2.05, 4.69) is 47.0 Å². The van der Waals surface area contributed by atoms with E-state index >= 15 is 0 Å². The zero-order valence-electron chi connectivity index (χ0n) is 16.5. The predicted molar refractivity (Wildman–Crippen MR) is 114 cm³/mol. The van der Waals surface area contributed by atoms with E-state index in [0.717, 1.165) is 47.0 Å². The Balaban J connectivity index is 1.90. The van der Waals surface area contributed by atoms with E-state index in [1.165, 1.54) is 11.1 Å². The molecule has 0 amide bonds. The summed E-state index contributed by atoms with van der Waals surface area (Å²) in [5, 5.41) is 0. The lowest BCUT2D eigenvalue weighted by Crippen LogP contribution is -1.96. The van der Waals surface area contributed by atoms with E-state index in [0.29, 0.717) is 0 Å². The van der Waals surface area contributed by atoms with Crippen molar-refractivity contribution in [1.82, 2.24) is 9.97 Å². The lowest BCUT2D eigenvalue weighted by Gasteiger charge is -2.09. The number of benzene rings is 1. The van der Waals surface area contributed by atoms with Crippen LogP contribution in [0.25, 0.3) is 0 Å². The van der Waals surface area contributed by atoms with Crippen LogP contribution < -0.4 is 0 Å². The third-order valence-electron chi connectivity index (χ3n) is 4.65. The van der Waals surface area contributed by atoms with Crippen LogP contribution in [0.2, 0.25) is 0 Å². The fourth-order valence-electron chi connectivity index (χ4n) is 3.06. The van der Waals surface area contributed by atoms with Gasteiger partial charge in [0, 0.05) is 23.7 Å². The molecule has 0 bridgehead atoms. The molecule has 0 atom stereocenters. The number of aromatic nitrogens is 2. The van der Waals surface area contributed by atoms with Gasteiger partial charge in [-0.1, -0.05) is 38.1 Å². The van der Waals surface area contributed by atoms with E-state index in [1.807, 2.05) is 44.3 Å². The van der Waals surface area contributed by atoms with Crippen molar-refractivity contribution in [2.24, 2.45) is 9.98 Å². The summed E-state index contributed by atoms with van der Waals surface area (Å²) in [5.74, 6) is 0.808. The molecule has 4 heteroatoms. The molecular weight excluding hydrogens is 332 g/mol. The Morgan fingerprint density at radius 2 is 1.67 bits per heavy atom. The van der Waals surface area contributed by atoms with Crippen LogP contribution in [0.3, 0.4) is 0 Å². The van der Waals surface area contributed by atoms with Crippen molar-refractivity contribution < 1.29 is 0 Å². The van der Waals surface area contributed by atoms with Gasteiger partial charge in [-0.05, 0) is 56.0 Å². The fourth-order valence-corrected chi connectivity index (χ4v) is 3.06. The third-order valence-corrected chi connectivity index (χ3v) is 4.65. The standard InChI is InChI=1S/C23H26N4/c1-5-18-10-9-11-19(6-2)23(18)27-16(3)20-14-22(25-15-20)26-17(4)21-12-7-8-13-24-21/h7-15,25H,5-6H2,1-4H3/b26-17+,27-16?. The molecule has 138 valence electrons. The smallest absolute Gasteiger partial charge is 0.130 e. The molecule has 0 saturated carbocycles. The summed E-state index contributed by atoms with van der Waals surface area (Å²) >= 11 is 0. The number of aromatic amines is 1. The molecule has 3 rings (SSSR count). The predicted octanol–water partition coefficient (Wildman–Crippen LogP) is 5.82. The minimum absolute atomic E-state index is 0.808. The number of nitrogens with one attached hydrogen (secondary N) is 1. The highest BCUT2D eigenvalue weighted by Crippen LogP contribution is 2.27. The number of pyridine rings is 1. The van der Waals surface area contributed by atoms with Gasteiger partial charge in [-0.15, -0.1) is 0 Å². The maximum atomic E-state index is 4.96. The van der Waals surface area contributed by atoms with Gasteiger partial charge in [-0.25, -0.2) is 4.99 Å². The van der Waals surface area contributed by atoms with Gasteiger partial charge in [0.1, 0.15) is 5.82 Å². The largest absolute Gasteiger partial charge is 0.346 e. The second-order valence-corrected chi connectivity index (χ2v) is 6.51. The Morgan fingerprint density at radius 1 is 0.926 bits per heavy atom. The molecule has 3 aromatic rings. The van der Waals surface area contributed by atoms with Crippen LogP contribution >= 0.6 is 0 Å². The second-order valence-electron chi connectivity index (χ2n) is 6.51. The van der Waals surface area contributed by atoms with Crippen LogP contribution in [0.15, 0.2) is 64.8 Å². The van der Waals surface area contributed by atoms with Gasteiger partial charge in [0.25, 0.3) is 0 Å². The zero-order valence-corrected chi connectivity index (χ0v) is 16.5. The highest BCUT2D eigenvalue weighted by atomic mass is 14.9. The molecule has 0 saturated heterocycles. The van der Waals surface area contributed by atoms with Crippen LogP contribution in [0.1, 0.15) is 50.1 Å². The van der Waals surface area contributed by atoms with Gasteiger partial charge in [-0.3, -0.25) is 9.98 Å². The molecule has 0 aliphatic heterocycles. The minimum atomic E-state index is 0.808. The first-order valence-electron chi connectivity index (χ1n) is 9.43. The van der Waals surface area contributed by atoms with E-state index in [-0.39, 0.29) is 0 Å². The maximum Gasteiger partial charge on any atom is 0.130 e. The van der Waals surface area contributed by atoms with Crippen molar-refractivity contribution >= 4 is 22.9 Å². The first-order valence-corrected chi connectivity index (χ1v) is 9.43. The first kappa shape index (κ1) is 18.8. The highest BCUT2D eigenvalue weighted by Gasteiger charge is 2.08. The van der Waals surface area contributed by atoms with Gasteiger partial charge < -0.3 is 4.98 Å². The number of nitrogens with zero attached hydrogens (tertiary/aromatic N) is 3. The Labute approximate surface area is 161 Å². The van der Waals surface area contributed by atoms with E-state index in [1.54, 1.807) is 6.20 Å².